The minimum atomic E-state index is -0.989. The normalized spacial score (nSPS) is 10.7. The number of carbonyl (C=O) groups is 1. The van der Waals surface area contributed by atoms with Gasteiger partial charge in [-0.15, -0.1) is 11.3 Å². The Bertz CT molecular complexity index is 1320. The molecule has 0 bridgehead atoms. The van der Waals surface area contributed by atoms with Crippen LogP contribution in [-0.2, 0) is 10.5 Å². The van der Waals surface area contributed by atoms with E-state index in [1.54, 1.807) is 37.3 Å². The van der Waals surface area contributed by atoms with Crippen molar-refractivity contribution in [1.29, 1.82) is 0 Å². The number of methoxy groups -OCH3 is 2. The highest BCUT2D eigenvalue weighted by Gasteiger charge is 2.12. The Morgan fingerprint density at radius 2 is 1.71 bits per heavy atom. The second-order valence-electron chi connectivity index (χ2n) is 7.71. The quantitative estimate of drug-likeness (QED) is 0.244. The zero-order chi connectivity index (χ0) is 24.8. The third-order valence-corrected chi connectivity index (χ3v) is 7.42. The fourth-order valence-corrected chi connectivity index (χ4v) is 5.35. The Hall–Kier alpha value is -3.49. The van der Waals surface area contributed by atoms with Gasteiger partial charge in [0.25, 0.3) is 0 Å². The molecule has 8 heteroatoms. The van der Waals surface area contributed by atoms with E-state index in [1.807, 2.05) is 61.5 Å². The van der Waals surface area contributed by atoms with Gasteiger partial charge in [-0.2, -0.15) is 0 Å². The number of carboxylic acid groups (broad SMARTS) is 1. The van der Waals surface area contributed by atoms with Crippen LogP contribution in [0, 0.1) is 6.92 Å². The van der Waals surface area contributed by atoms with E-state index in [1.165, 1.54) is 0 Å². The minimum Gasteiger partial charge on any atom is -0.497 e. The minimum absolute atomic E-state index is 0.345. The maximum Gasteiger partial charge on any atom is 0.341 e. The van der Waals surface area contributed by atoms with E-state index in [2.05, 4.69) is 11.4 Å². The molecule has 0 aliphatic carbocycles. The topological polar surface area (TPSA) is 77.9 Å². The van der Waals surface area contributed by atoms with E-state index in [4.69, 9.17) is 24.3 Å². The first-order valence-electron chi connectivity index (χ1n) is 10.8. The Morgan fingerprint density at radius 3 is 2.40 bits per heavy atom. The Kier molecular flexibility index (Phi) is 7.94. The monoisotopic (exact) mass is 507 g/mol. The Labute approximate surface area is 212 Å². The molecule has 1 N–H and O–H groups in total. The molecule has 1 aromatic heterocycles. The molecule has 35 heavy (non-hydrogen) atoms. The molecule has 0 aliphatic heterocycles. The number of benzene rings is 3. The Balaban J connectivity index is 1.47. The van der Waals surface area contributed by atoms with Crippen molar-refractivity contribution in [1.82, 2.24) is 4.98 Å². The van der Waals surface area contributed by atoms with Gasteiger partial charge in [-0.25, -0.2) is 9.78 Å². The number of aliphatic carboxylic acids is 1. The zero-order valence-corrected chi connectivity index (χ0v) is 21.2. The number of rotatable bonds is 10. The molecule has 0 amide bonds. The lowest BCUT2D eigenvalue weighted by Crippen LogP contribution is -2.10. The largest absolute Gasteiger partial charge is 0.497 e. The molecule has 180 valence electrons. The molecule has 0 saturated heterocycles. The summed E-state index contributed by atoms with van der Waals surface area (Å²) in [5.41, 5.74) is 6.02. The third kappa shape index (κ3) is 6.15. The molecular weight excluding hydrogens is 482 g/mol. The van der Waals surface area contributed by atoms with Crippen LogP contribution in [0.1, 0.15) is 11.1 Å². The highest BCUT2D eigenvalue weighted by Crippen LogP contribution is 2.37. The highest BCUT2D eigenvalue weighted by molar-refractivity contribution is 8.00. The molecular formula is C27H25NO5S2. The number of aryl methyl sites for hydroxylation is 1. The fourth-order valence-electron chi connectivity index (χ4n) is 3.57. The van der Waals surface area contributed by atoms with Gasteiger partial charge in [-0.3, -0.25) is 0 Å². The molecule has 0 saturated carbocycles. The molecule has 1 heterocycles. The van der Waals surface area contributed by atoms with Gasteiger partial charge < -0.3 is 19.3 Å². The molecule has 0 fully saturated rings. The maximum absolute atomic E-state index is 10.7. The van der Waals surface area contributed by atoms with Crippen molar-refractivity contribution in [3.05, 3.63) is 77.2 Å². The number of thiazole rings is 1. The summed E-state index contributed by atoms with van der Waals surface area (Å²) >= 11 is 3.28. The van der Waals surface area contributed by atoms with E-state index in [0.717, 1.165) is 55.1 Å². The van der Waals surface area contributed by atoms with Gasteiger partial charge in [-0.1, -0.05) is 36.0 Å². The van der Waals surface area contributed by atoms with E-state index in [9.17, 15) is 4.79 Å². The van der Waals surface area contributed by atoms with Crippen LogP contribution in [0.3, 0.4) is 0 Å². The second kappa shape index (κ2) is 11.3. The number of hydrogen-bond acceptors (Lipinski definition) is 7. The SMILES string of the molecule is COc1ccc(-c2cc(-c3csc(SCc4ccc(OCC(=O)O)c(C)c4)n3)ccc2OC)cc1. The fraction of sp³-hybridized carbons (Fsp3) is 0.185. The number of thioether (sulfide) groups is 1. The summed E-state index contributed by atoms with van der Waals surface area (Å²) < 4.78 is 17.2. The standard InChI is InChI=1S/C27H25NO5S2/c1-17-12-18(4-10-24(17)33-14-26(29)30)15-34-27-28-23(16-35-27)20-7-11-25(32-3)22(13-20)19-5-8-21(31-2)9-6-19/h4-13,16H,14-15H2,1-3H3,(H,29,30). The molecule has 4 rings (SSSR count). The first kappa shape index (κ1) is 24.6. The predicted molar refractivity (Wildman–Crippen MR) is 140 cm³/mol. The van der Waals surface area contributed by atoms with Gasteiger partial charge in [0.1, 0.15) is 17.2 Å². The maximum atomic E-state index is 10.7. The summed E-state index contributed by atoms with van der Waals surface area (Å²) in [5.74, 6) is 1.96. The first-order valence-corrected chi connectivity index (χ1v) is 12.7. The summed E-state index contributed by atoms with van der Waals surface area (Å²) in [5, 5.41) is 10.9. The molecule has 3 aromatic carbocycles. The number of ether oxygens (including phenoxy) is 3. The zero-order valence-electron chi connectivity index (χ0n) is 19.6. The van der Waals surface area contributed by atoms with Crippen molar-refractivity contribution in [3.8, 4) is 39.6 Å². The van der Waals surface area contributed by atoms with Crippen molar-refractivity contribution in [2.24, 2.45) is 0 Å². The second-order valence-corrected chi connectivity index (χ2v) is 9.79. The van der Waals surface area contributed by atoms with E-state index in [-0.39, 0.29) is 6.61 Å². The third-order valence-electron chi connectivity index (χ3n) is 5.33. The number of aromatic nitrogens is 1. The van der Waals surface area contributed by atoms with Crippen LogP contribution in [0.4, 0.5) is 0 Å². The van der Waals surface area contributed by atoms with Crippen molar-refractivity contribution in [2.75, 3.05) is 20.8 Å². The van der Waals surface area contributed by atoms with Gasteiger partial charge in [0.05, 0.1) is 19.9 Å². The molecule has 4 aromatic rings. The van der Waals surface area contributed by atoms with Gasteiger partial charge in [0, 0.05) is 22.3 Å². The number of nitrogens with zero attached hydrogens (tertiary/aromatic N) is 1. The summed E-state index contributed by atoms with van der Waals surface area (Å²) in [6.45, 7) is 1.57. The molecule has 6 nitrogen and oxygen atoms in total. The van der Waals surface area contributed by atoms with Crippen molar-refractivity contribution in [3.63, 3.8) is 0 Å². The van der Waals surface area contributed by atoms with Crippen LogP contribution in [-0.4, -0.2) is 36.9 Å². The number of carboxylic acids is 1. The van der Waals surface area contributed by atoms with Crippen LogP contribution in [0.5, 0.6) is 17.2 Å². The van der Waals surface area contributed by atoms with Gasteiger partial charge in [0.2, 0.25) is 0 Å². The van der Waals surface area contributed by atoms with E-state index < -0.39 is 5.97 Å². The Morgan fingerprint density at radius 1 is 0.971 bits per heavy atom. The van der Waals surface area contributed by atoms with Crippen LogP contribution in [0.25, 0.3) is 22.4 Å². The lowest BCUT2D eigenvalue weighted by atomic mass is 10.0. The van der Waals surface area contributed by atoms with Gasteiger partial charge in [0.15, 0.2) is 10.9 Å². The molecule has 0 spiro atoms. The molecule has 0 unspecified atom stereocenters. The van der Waals surface area contributed by atoms with Crippen molar-refractivity contribution < 1.29 is 24.1 Å². The molecule has 0 aliphatic rings. The average Bonchev–Trinajstić information content (AvgIpc) is 3.35. The van der Waals surface area contributed by atoms with E-state index in [0.29, 0.717) is 5.75 Å². The summed E-state index contributed by atoms with van der Waals surface area (Å²) in [6.07, 6.45) is 0. The predicted octanol–water partition coefficient (Wildman–Crippen LogP) is 6.56. The average molecular weight is 508 g/mol. The van der Waals surface area contributed by atoms with Crippen molar-refractivity contribution >= 4 is 29.1 Å². The first-order chi connectivity index (χ1) is 17.0. The van der Waals surface area contributed by atoms with Gasteiger partial charge >= 0.3 is 5.97 Å². The van der Waals surface area contributed by atoms with Gasteiger partial charge in [-0.05, 0) is 60.0 Å². The lowest BCUT2D eigenvalue weighted by molar-refractivity contribution is -0.139. The van der Waals surface area contributed by atoms with Crippen LogP contribution in [0.15, 0.2) is 70.4 Å². The molecule has 0 radical (unpaired) electrons. The van der Waals surface area contributed by atoms with Crippen LogP contribution >= 0.6 is 23.1 Å². The summed E-state index contributed by atoms with van der Waals surface area (Å²) in [6, 6.07) is 19.8. The molecule has 0 atom stereocenters. The highest BCUT2D eigenvalue weighted by atomic mass is 32.2. The number of hydrogen-bond donors (Lipinski definition) is 1. The summed E-state index contributed by atoms with van der Waals surface area (Å²) in [7, 11) is 3.33. The lowest BCUT2D eigenvalue weighted by Gasteiger charge is -2.11. The van der Waals surface area contributed by atoms with Crippen LogP contribution < -0.4 is 14.2 Å². The smallest absolute Gasteiger partial charge is 0.341 e. The van der Waals surface area contributed by atoms with Crippen LogP contribution in [0.2, 0.25) is 0 Å². The van der Waals surface area contributed by atoms with E-state index >= 15 is 0 Å². The van der Waals surface area contributed by atoms with Crippen molar-refractivity contribution in [2.45, 2.75) is 17.0 Å². The summed E-state index contributed by atoms with van der Waals surface area (Å²) in [4.78, 5) is 15.5.